The molecule has 2 N–H and O–H groups in total. The number of aryl methyl sites for hydroxylation is 2. The van der Waals surface area contributed by atoms with Crippen LogP contribution >= 0.6 is 0 Å². The zero-order valence-electron chi connectivity index (χ0n) is 11.2. The molecule has 0 spiro atoms. The fourth-order valence-corrected chi connectivity index (χ4v) is 1.75. The van der Waals surface area contributed by atoms with Gasteiger partial charge in [-0.15, -0.1) is 0 Å². The van der Waals surface area contributed by atoms with Gasteiger partial charge >= 0.3 is 0 Å². The van der Waals surface area contributed by atoms with Crippen LogP contribution in [0, 0.1) is 19.8 Å². The highest BCUT2D eigenvalue weighted by molar-refractivity contribution is 5.95. The first kappa shape index (κ1) is 14.6. The minimum Gasteiger partial charge on any atom is -0.396 e. The van der Waals surface area contributed by atoms with Crippen LogP contribution in [0.2, 0.25) is 0 Å². The van der Waals surface area contributed by atoms with Crippen LogP contribution in [0.3, 0.4) is 0 Å². The highest BCUT2D eigenvalue weighted by Gasteiger charge is 2.13. The van der Waals surface area contributed by atoms with Gasteiger partial charge in [-0.05, 0) is 32.3 Å². The number of nitrogens with zero attached hydrogens (tertiary/aromatic N) is 2. The lowest BCUT2D eigenvalue weighted by Crippen LogP contribution is -2.30. The summed E-state index contributed by atoms with van der Waals surface area (Å²) in [6.45, 7) is 6.37. The fourth-order valence-electron chi connectivity index (χ4n) is 1.75. The van der Waals surface area contributed by atoms with E-state index in [0.29, 0.717) is 30.1 Å². The van der Waals surface area contributed by atoms with Crippen LogP contribution in [-0.2, 0) is 0 Å². The van der Waals surface area contributed by atoms with Gasteiger partial charge in [-0.25, -0.2) is 0 Å². The molecule has 100 valence electrons. The van der Waals surface area contributed by atoms with E-state index in [1.54, 1.807) is 13.0 Å². The molecule has 0 saturated heterocycles. The average Bonchev–Trinajstić information content (AvgIpc) is 2.37. The Morgan fingerprint density at radius 1 is 1.44 bits per heavy atom. The van der Waals surface area contributed by atoms with Crippen molar-refractivity contribution < 1.29 is 9.90 Å². The summed E-state index contributed by atoms with van der Waals surface area (Å²) >= 11 is 0. The maximum absolute atomic E-state index is 12.0. The molecule has 0 aliphatic heterocycles. The van der Waals surface area contributed by atoms with E-state index in [0.717, 1.165) is 12.1 Å². The summed E-state index contributed by atoms with van der Waals surface area (Å²) in [5, 5.41) is 19.6. The second-order valence-corrected chi connectivity index (χ2v) is 4.48. The first-order valence-corrected chi connectivity index (χ1v) is 6.28. The van der Waals surface area contributed by atoms with E-state index < -0.39 is 0 Å². The number of aliphatic hydroxyl groups excluding tert-OH is 1. The van der Waals surface area contributed by atoms with Crippen LogP contribution in [0.5, 0.6) is 0 Å². The number of hydrogen-bond donors (Lipinski definition) is 2. The molecule has 0 radical (unpaired) electrons. The predicted octanol–water partition coefficient (Wildman–Crippen LogP) is 1.23. The monoisotopic (exact) mass is 251 g/mol. The quantitative estimate of drug-likeness (QED) is 0.797. The molecule has 5 nitrogen and oxygen atoms in total. The normalized spacial score (nSPS) is 12.2. The van der Waals surface area contributed by atoms with Crippen LogP contribution in [0.25, 0.3) is 0 Å². The number of rotatable bonds is 6. The van der Waals surface area contributed by atoms with Crippen LogP contribution < -0.4 is 5.32 Å². The smallest absolute Gasteiger partial charge is 0.253 e. The van der Waals surface area contributed by atoms with Gasteiger partial charge in [-0.3, -0.25) is 4.79 Å². The molecule has 0 aromatic carbocycles. The highest BCUT2D eigenvalue weighted by atomic mass is 16.3. The second-order valence-electron chi connectivity index (χ2n) is 4.48. The second kappa shape index (κ2) is 7.06. The van der Waals surface area contributed by atoms with Crippen molar-refractivity contribution in [2.24, 2.45) is 5.92 Å². The SMILES string of the molecule is CCC(CCO)CNC(=O)c1cc(C)nnc1C. The first-order valence-electron chi connectivity index (χ1n) is 6.28. The van der Waals surface area contributed by atoms with E-state index in [9.17, 15) is 4.79 Å². The third-order valence-electron chi connectivity index (χ3n) is 3.01. The van der Waals surface area contributed by atoms with Crippen LogP contribution in [0.1, 0.15) is 41.5 Å². The minimum atomic E-state index is -0.123. The molecule has 1 heterocycles. The molecule has 1 rings (SSSR count). The molecule has 0 aliphatic carbocycles. The van der Waals surface area contributed by atoms with Gasteiger partial charge in [-0.1, -0.05) is 13.3 Å². The Kier molecular flexibility index (Phi) is 5.71. The van der Waals surface area contributed by atoms with Gasteiger partial charge in [0.2, 0.25) is 0 Å². The zero-order valence-corrected chi connectivity index (χ0v) is 11.2. The van der Waals surface area contributed by atoms with E-state index >= 15 is 0 Å². The van der Waals surface area contributed by atoms with Crippen molar-refractivity contribution in [3.05, 3.63) is 23.0 Å². The Hall–Kier alpha value is -1.49. The van der Waals surface area contributed by atoms with E-state index in [-0.39, 0.29) is 12.5 Å². The third kappa shape index (κ3) is 4.07. The molecule has 1 aromatic rings. The molecular formula is C13H21N3O2. The van der Waals surface area contributed by atoms with Crippen LogP contribution in [-0.4, -0.2) is 34.4 Å². The van der Waals surface area contributed by atoms with E-state index in [2.05, 4.69) is 22.4 Å². The average molecular weight is 251 g/mol. The summed E-state index contributed by atoms with van der Waals surface area (Å²) in [5.74, 6) is 0.192. The number of carbonyl (C=O) groups is 1. The summed E-state index contributed by atoms with van der Waals surface area (Å²) in [6, 6.07) is 1.74. The van der Waals surface area contributed by atoms with Gasteiger partial charge in [0.1, 0.15) is 0 Å². The molecule has 1 aromatic heterocycles. The lowest BCUT2D eigenvalue weighted by Gasteiger charge is -2.14. The van der Waals surface area contributed by atoms with Crippen molar-refractivity contribution in [2.45, 2.75) is 33.6 Å². The molecule has 0 saturated carbocycles. The van der Waals surface area contributed by atoms with Gasteiger partial charge in [0, 0.05) is 13.2 Å². The highest BCUT2D eigenvalue weighted by Crippen LogP contribution is 2.08. The summed E-state index contributed by atoms with van der Waals surface area (Å²) in [5.41, 5.74) is 1.93. The molecule has 1 atom stereocenters. The topological polar surface area (TPSA) is 75.1 Å². The Balaban J connectivity index is 2.62. The lowest BCUT2D eigenvalue weighted by atomic mass is 10.0. The fraction of sp³-hybridized carbons (Fsp3) is 0.615. The molecule has 0 bridgehead atoms. The largest absolute Gasteiger partial charge is 0.396 e. The van der Waals surface area contributed by atoms with Crippen molar-refractivity contribution >= 4 is 5.91 Å². The number of aliphatic hydroxyl groups is 1. The van der Waals surface area contributed by atoms with Gasteiger partial charge in [-0.2, -0.15) is 10.2 Å². The summed E-state index contributed by atoms with van der Waals surface area (Å²) < 4.78 is 0. The number of hydrogen-bond acceptors (Lipinski definition) is 4. The Morgan fingerprint density at radius 3 is 2.78 bits per heavy atom. The molecule has 1 amide bonds. The van der Waals surface area contributed by atoms with Crippen molar-refractivity contribution in [3.63, 3.8) is 0 Å². The number of nitrogens with one attached hydrogen (secondary N) is 1. The standard InChI is InChI=1S/C13H21N3O2/c1-4-11(5-6-17)8-14-13(18)12-7-9(2)15-16-10(12)3/h7,11,17H,4-6,8H2,1-3H3,(H,14,18). The molecule has 18 heavy (non-hydrogen) atoms. The zero-order chi connectivity index (χ0) is 13.5. The predicted molar refractivity (Wildman–Crippen MR) is 69.3 cm³/mol. The Morgan fingerprint density at radius 2 is 2.17 bits per heavy atom. The maximum Gasteiger partial charge on any atom is 0.253 e. The number of aromatic nitrogens is 2. The van der Waals surface area contributed by atoms with Crippen molar-refractivity contribution in [2.75, 3.05) is 13.2 Å². The minimum absolute atomic E-state index is 0.123. The van der Waals surface area contributed by atoms with Gasteiger partial charge in [0.25, 0.3) is 5.91 Å². The maximum atomic E-state index is 12.0. The summed E-state index contributed by atoms with van der Waals surface area (Å²) in [4.78, 5) is 12.0. The van der Waals surface area contributed by atoms with E-state index in [4.69, 9.17) is 5.11 Å². The van der Waals surface area contributed by atoms with Crippen molar-refractivity contribution in [3.8, 4) is 0 Å². The van der Waals surface area contributed by atoms with E-state index in [1.807, 2.05) is 6.92 Å². The van der Waals surface area contributed by atoms with Gasteiger partial charge < -0.3 is 10.4 Å². The molecule has 5 heteroatoms. The molecular weight excluding hydrogens is 230 g/mol. The van der Waals surface area contributed by atoms with Crippen molar-refractivity contribution in [1.29, 1.82) is 0 Å². The lowest BCUT2D eigenvalue weighted by molar-refractivity contribution is 0.0942. The van der Waals surface area contributed by atoms with Crippen LogP contribution in [0.15, 0.2) is 6.07 Å². The third-order valence-corrected chi connectivity index (χ3v) is 3.01. The number of carbonyl (C=O) groups excluding carboxylic acids is 1. The van der Waals surface area contributed by atoms with Crippen molar-refractivity contribution in [1.82, 2.24) is 15.5 Å². The summed E-state index contributed by atoms with van der Waals surface area (Å²) in [7, 11) is 0. The summed E-state index contributed by atoms with van der Waals surface area (Å²) in [6.07, 6.45) is 1.65. The molecule has 0 aliphatic rings. The number of amides is 1. The molecule has 1 unspecified atom stereocenters. The van der Waals surface area contributed by atoms with Gasteiger partial charge in [0.05, 0.1) is 17.0 Å². The first-order chi connectivity index (χ1) is 8.58. The van der Waals surface area contributed by atoms with E-state index in [1.165, 1.54) is 0 Å². The Labute approximate surface area is 108 Å². The molecule has 0 fully saturated rings. The Bertz CT molecular complexity index is 407. The van der Waals surface area contributed by atoms with Gasteiger partial charge in [0.15, 0.2) is 0 Å². The van der Waals surface area contributed by atoms with Crippen LogP contribution in [0.4, 0.5) is 0 Å².